The Morgan fingerprint density at radius 1 is 1.53 bits per heavy atom. The van der Waals surface area contributed by atoms with Crippen molar-refractivity contribution in [1.29, 1.82) is 0 Å². The highest BCUT2D eigenvalue weighted by atomic mass is 35.5. The number of thiazole rings is 1. The van der Waals surface area contributed by atoms with Gasteiger partial charge in [0.05, 0.1) is 5.01 Å². The van der Waals surface area contributed by atoms with Crippen molar-refractivity contribution in [2.24, 2.45) is 0 Å². The minimum Gasteiger partial charge on any atom is -0.316 e. The topological polar surface area (TPSA) is 24.9 Å². The molecule has 0 saturated carbocycles. The summed E-state index contributed by atoms with van der Waals surface area (Å²) in [5.41, 5.74) is -0.996. The Bertz CT molecular complexity index is 310. The minimum absolute atomic E-state index is 0. The molecule has 1 fully saturated rings. The molecule has 5 heteroatoms. The van der Waals surface area contributed by atoms with Crippen LogP contribution in [0, 0.1) is 6.92 Å². The zero-order chi connectivity index (χ0) is 10.0. The maximum absolute atomic E-state index is 14.2. The average Bonchev–Trinajstić information content (AvgIpc) is 2.51. The number of aromatic nitrogens is 1. The van der Waals surface area contributed by atoms with E-state index >= 15 is 0 Å². The molecule has 0 aromatic carbocycles. The molecule has 0 aliphatic carbocycles. The van der Waals surface area contributed by atoms with E-state index in [4.69, 9.17) is 0 Å². The van der Waals surface area contributed by atoms with E-state index in [1.807, 2.05) is 13.1 Å². The van der Waals surface area contributed by atoms with E-state index in [1.165, 1.54) is 0 Å². The lowest BCUT2D eigenvalue weighted by Crippen LogP contribution is -2.39. The molecule has 0 amide bonds. The van der Waals surface area contributed by atoms with E-state index in [2.05, 4.69) is 10.3 Å². The summed E-state index contributed by atoms with van der Waals surface area (Å²) in [5, 5.41) is 4.20. The molecule has 2 heterocycles. The average molecular weight is 251 g/mol. The Kier molecular flexibility index (Phi) is 4.49. The van der Waals surface area contributed by atoms with Crippen LogP contribution in [0.3, 0.4) is 0 Å². The lowest BCUT2D eigenvalue weighted by atomic mass is 9.91. The van der Waals surface area contributed by atoms with Crippen LogP contribution in [0.15, 0.2) is 6.20 Å². The summed E-state index contributed by atoms with van der Waals surface area (Å²) in [6.45, 7) is 3.56. The summed E-state index contributed by atoms with van der Waals surface area (Å²) in [6.07, 6.45) is 3.61. The number of rotatable bonds is 2. The van der Waals surface area contributed by atoms with Crippen LogP contribution in [-0.2, 0) is 6.42 Å². The molecule has 0 radical (unpaired) electrons. The van der Waals surface area contributed by atoms with Crippen molar-refractivity contribution in [2.75, 3.05) is 13.1 Å². The summed E-state index contributed by atoms with van der Waals surface area (Å²) in [7, 11) is 0. The summed E-state index contributed by atoms with van der Waals surface area (Å²) < 4.78 is 14.2. The van der Waals surface area contributed by atoms with Gasteiger partial charge in [0, 0.05) is 17.5 Å². The molecule has 1 saturated heterocycles. The highest BCUT2D eigenvalue weighted by molar-refractivity contribution is 7.11. The lowest BCUT2D eigenvalue weighted by molar-refractivity contribution is 0.117. The van der Waals surface area contributed by atoms with E-state index in [0.29, 0.717) is 19.3 Å². The third-order valence-electron chi connectivity index (χ3n) is 2.66. The van der Waals surface area contributed by atoms with Crippen molar-refractivity contribution >= 4 is 23.7 Å². The molecule has 1 aromatic heterocycles. The Labute approximate surface area is 99.7 Å². The monoisotopic (exact) mass is 250 g/mol. The van der Waals surface area contributed by atoms with Crippen LogP contribution >= 0.6 is 23.7 Å². The predicted octanol–water partition coefficient (Wildman–Crippen LogP) is 2.51. The Hall–Kier alpha value is -0.190. The summed E-state index contributed by atoms with van der Waals surface area (Å²) in [5.74, 6) is 0. The van der Waals surface area contributed by atoms with Crippen molar-refractivity contribution in [2.45, 2.75) is 31.9 Å². The van der Waals surface area contributed by atoms with Crippen molar-refractivity contribution in [3.63, 3.8) is 0 Å². The fraction of sp³-hybridized carbons (Fsp3) is 0.700. The summed E-state index contributed by atoms with van der Waals surface area (Å²) in [6, 6.07) is 0. The molecule has 1 N–H and O–H groups in total. The van der Waals surface area contributed by atoms with Crippen molar-refractivity contribution in [3.8, 4) is 0 Å². The number of alkyl halides is 1. The molecule has 2 nitrogen and oxygen atoms in total. The highest BCUT2D eigenvalue weighted by Crippen LogP contribution is 2.29. The minimum atomic E-state index is -0.996. The molecule has 86 valence electrons. The molecule has 1 aliphatic rings. The number of hydrogen-bond acceptors (Lipinski definition) is 3. The van der Waals surface area contributed by atoms with Crippen LogP contribution in [-0.4, -0.2) is 23.7 Å². The van der Waals surface area contributed by atoms with Gasteiger partial charge in [0.2, 0.25) is 0 Å². The van der Waals surface area contributed by atoms with Gasteiger partial charge in [-0.2, -0.15) is 0 Å². The van der Waals surface area contributed by atoms with Crippen LogP contribution in [0.4, 0.5) is 4.39 Å². The SMILES string of the molecule is Cc1ncc(CC2(F)CCNCC2)s1.Cl. The highest BCUT2D eigenvalue weighted by Gasteiger charge is 2.32. The third kappa shape index (κ3) is 3.40. The fourth-order valence-corrected chi connectivity index (χ4v) is 2.77. The van der Waals surface area contributed by atoms with Gasteiger partial charge in [-0.25, -0.2) is 9.37 Å². The van der Waals surface area contributed by atoms with Gasteiger partial charge in [-0.1, -0.05) is 0 Å². The van der Waals surface area contributed by atoms with Crippen LogP contribution in [0.5, 0.6) is 0 Å². The zero-order valence-electron chi connectivity index (χ0n) is 8.75. The van der Waals surface area contributed by atoms with Gasteiger partial charge in [-0.15, -0.1) is 23.7 Å². The number of aryl methyl sites for hydroxylation is 1. The molecule has 1 aliphatic heterocycles. The Morgan fingerprint density at radius 2 is 2.20 bits per heavy atom. The van der Waals surface area contributed by atoms with Gasteiger partial charge in [0.1, 0.15) is 5.67 Å². The smallest absolute Gasteiger partial charge is 0.118 e. The second-order valence-corrected chi connectivity index (χ2v) is 5.24. The first-order chi connectivity index (χ1) is 6.68. The zero-order valence-corrected chi connectivity index (χ0v) is 10.4. The van der Waals surface area contributed by atoms with Crippen LogP contribution < -0.4 is 5.32 Å². The Balaban J connectivity index is 0.00000112. The van der Waals surface area contributed by atoms with Gasteiger partial charge in [-0.3, -0.25) is 0 Å². The number of nitrogens with one attached hydrogen (secondary N) is 1. The van der Waals surface area contributed by atoms with Crippen LogP contribution in [0.1, 0.15) is 22.7 Å². The van der Waals surface area contributed by atoms with Gasteiger partial charge < -0.3 is 5.32 Å². The molecular weight excluding hydrogens is 235 g/mol. The lowest BCUT2D eigenvalue weighted by Gasteiger charge is -2.29. The van der Waals surface area contributed by atoms with Crippen molar-refractivity contribution in [1.82, 2.24) is 10.3 Å². The molecule has 0 atom stereocenters. The molecule has 0 spiro atoms. The first-order valence-electron chi connectivity index (χ1n) is 4.99. The Morgan fingerprint density at radius 3 is 2.73 bits per heavy atom. The van der Waals surface area contributed by atoms with Crippen molar-refractivity contribution < 1.29 is 4.39 Å². The van der Waals surface area contributed by atoms with Crippen molar-refractivity contribution in [3.05, 3.63) is 16.1 Å². The molecule has 0 bridgehead atoms. The van der Waals surface area contributed by atoms with Crippen LogP contribution in [0.2, 0.25) is 0 Å². The molecule has 0 unspecified atom stereocenters. The van der Waals surface area contributed by atoms with E-state index in [9.17, 15) is 4.39 Å². The number of halogens is 2. The predicted molar refractivity (Wildman–Crippen MR) is 63.7 cm³/mol. The third-order valence-corrected chi connectivity index (χ3v) is 3.57. The summed E-state index contributed by atoms with van der Waals surface area (Å²) in [4.78, 5) is 5.23. The quantitative estimate of drug-likeness (QED) is 0.873. The van der Waals surface area contributed by atoms with E-state index in [1.54, 1.807) is 11.3 Å². The number of nitrogens with zero attached hydrogens (tertiary/aromatic N) is 1. The first-order valence-corrected chi connectivity index (χ1v) is 5.81. The maximum atomic E-state index is 14.2. The van der Waals surface area contributed by atoms with Gasteiger partial charge in [-0.05, 0) is 32.9 Å². The fourth-order valence-electron chi connectivity index (χ4n) is 1.85. The molecule has 2 rings (SSSR count). The second kappa shape index (κ2) is 5.23. The normalized spacial score (nSPS) is 19.6. The number of piperidine rings is 1. The largest absolute Gasteiger partial charge is 0.316 e. The summed E-state index contributed by atoms with van der Waals surface area (Å²) >= 11 is 1.61. The van der Waals surface area contributed by atoms with Gasteiger partial charge >= 0.3 is 0 Å². The van der Waals surface area contributed by atoms with Gasteiger partial charge in [0.25, 0.3) is 0 Å². The van der Waals surface area contributed by atoms with E-state index in [-0.39, 0.29) is 12.4 Å². The van der Waals surface area contributed by atoms with Gasteiger partial charge in [0.15, 0.2) is 0 Å². The number of hydrogen-bond donors (Lipinski definition) is 1. The van der Waals surface area contributed by atoms with Crippen LogP contribution in [0.25, 0.3) is 0 Å². The maximum Gasteiger partial charge on any atom is 0.118 e. The van der Waals surface area contributed by atoms with E-state index < -0.39 is 5.67 Å². The second-order valence-electron chi connectivity index (χ2n) is 3.92. The van der Waals surface area contributed by atoms with E-state index in [0.717, 1.165) is 23.0 Å². The standard InChI is InChI=1S/C10H15FN2S.ClH/c1-8-13-7-9(14-8)6-10(11)2-4-12-5-3-10;/h7,12H,2-6H2,1H3;1H. The molecule has 1 aromatic rings. The first kappa shape index (κ1) is 12.9. The molecular formula is C10H16ClFN2S. The molecule has 15 heavy (non-hydrogen) atoms.